The molecular weight excluding hydrogens is 1260 g/mol. The van der Waals surface area contributed by atoms with Crippen LogP contribution in [0.3, 0.4) is 0 Å². The number of aliphatic hydroxyl groups excluding tert-OH is 1. The van der Waals surface area contributed by atoms with Gasteiger partial charge in [0, 0.05) is 126 Å². The van der Waals surface area contributed by atoms with Gasteiger partial charge >= 0.3 is 0 Å². The molecule has 5 aliphatic heterocycles. The van der Waals surface area contributed by atoms with Crippen LogP contribution >= 0.6 is 0 Å². The van der Waals surface area contributed by atoms with E-state index in [1.165, 1.54) is 5.69 Å². The Balaban J connectivity index is 0.000000128. The minimum absolute atomic E-state index is 0.00185. The van der Waals surface area contributed by atoms with Gasteiger partial charge in [-0.1, -0.05) is 72.8 Å². The zero-order valence-electron chi connectivity index (χ0n) is 55.3. The van der Waals surface area contributed by atoms with Crippen molar-refractivity contribution in [2.45, 2.75) is 56.8 Å². The summed E-state index contributed by atoms with van der Waals surface area (Å²) < 4.78 is 40.1. The molecule has 4 fully saturated rings. The number of aromatic amines is 4. The Morgan fingerprint density at radius 3 is 1.45 bits per heavy atom. The van der Waals surface area contributed by atoms with Crippen molar-refractivity contribution in [1.82, 2.24) is 24.8 Å². The summed E-state index contributed by atoms with van der Waals surface area (Å²) in [7, 11) is 0. The lowest BCUT2D eigenvalue weighted by Gasteiger charge is -2.28. The summed E-state index contributed by atoms with van der Waals surface area (Å²) in [6, 6.07) is 61.0. The number of nitriles is 3. The maximum atomic E-state index is 11.8. The first-order valence-corrected chi connectivity index (χ1v) is 34.1. The van der Waals surface area contributed by atoms with Gasteiger partial charge in [-0.15, -0.1) is 0 Å². The molecule has 504 valence electrons. The number of benzene rings is 7. The molecule has 1 amide bonds. The number of nitrogens with zero attached hydrogens (tertiary/aromatic N) is 5. The van der Waals surface area contributed by atoms with E-state index in [9.17, 15) is 25.4 Å². The van der Waals surface area contributed by atoms with E-state index in [4.69, 9.17) is 38.3 Å². The SMILES string of the molecule is N#Cc1cc(-c2cccc3[nH]c(-c4cc[nH]c(=O)c4)cc23)ccc1OC1CCOCC1.N#Cc1cc(-c2cccc3[nH]c(-c4ccc(N5CCOCC5)cc4)cc23)ccc1OC1CCCOC1.N#Cc1cc(-c2cccc3[nH]c(C4=CCN(C(=O)CO)C4)cc23)ccc1OC1CCCOC1. The Hall–Kier alpha value is -11.2. The quantitative estimate of drug-likeness (QED) is 0.0678. The number of morpholine rings is 1. The standard InChI is InChI=1S/C30H29N3O3.C26H25N3O4.C25H21N3O3/c31-19-23-17-22(8-11-30(23)36-25-3-2-14-35-20-25)26-4-1-5-28-27(26)18-29(32-28)21-6-9-24(10-7-21)33-12-15-34-16-13-33;27-13-19-11-17(6-7-25(19)33-20-3-2-10-32-16-20)21-4-1-5-23-22(21)12-24(28-23)18-8-9-29(14-18)26(31)15-30;26-15-18-12-16(4-5-24(18)31-19-7-10-30-11-8-19)20-2-1-3-22-21(20)14-23(28-22)17-6-9-27-25(29)13-17/h1,4-11,17-18,25,32H,2-3,12-16,20H2;1,4-8,11-12,20,28,30H,2-3,9-10,14-16H2;1-6,9,12-14,19,28H,7-8,10-11H2,(H,27,29). The molecule has 5 aliphatic rings. The molecule has 16 rings (SSSR count). The summed E-state index contributed by atoms with van der Waals surface area (Å²) in [6.07, 6.45) is 9.19. The van der Waals surface area contributed by atoms with E-state index in [0.29, 0.717) is 73.5 Å². The van der Waals surface area contributed by atoms with Crippen molar-refractivity contribution in [2.24, 2.45) is 0 Å². The third kappa shape index (κ3) is 14.9. The summed E-state index contributed by atoms with van der Waals surface area (Å²) >= 11 is 0. The second-order valence-corrected chi connectivity index (χ2v) is 25.4. The first-order valence-electron chi connectivity index (χ1n) is 34.1. The third-order valence-corrected chi connectivity index (χ3v) is 18.9. The summed E-state index contributed by atoms with van der Waals surface area (Å²) in [5, 5.41) is 41.6. The fourth-order valence-electron chi connectivity index (χ4n) is 13.6. The average Bonchev–Trinajstić information content (AvgIpc) is 1.61. The fourth-order valence-corrected chi connectivity index (χ4v) is 13.6. The van der Waals surface area contributed by atoms with Crippen LogP contribution in [-0.2, 0) is 23.7 Å². The van der Waals surface area contributed by atoms with Crippen LogP contribution < -0.4 is 24.7 Å². The number of anilines is 1. The number of carbonyl (C=O) groups excluding carboxylic acids is 1. The number of amides is 1. The summed E-state index contributed by atoms with van der Waals surface area (Å²) in [4.78, 5) is 40.5. The molecule has 2 atom stereocenters. The van der Waals surface area contributed by atoms with Gasteiger partial charge in [-0.2, -0.15) is 15.8 Å². The highest BCUT2D eigenvalue weighted by atomic mass is 16.5. The lowest BCUT2D eigenvalue weighted by molar-refractivity contribution is -0.132. The molecule has 0 spiro atoms. The van der Waals surface area contributed by atoms with Gasteiger partial charge in [0.2, 0.25) is 11.5 Å². The maximum Gasteiger partial charge on any atom is 0.248 e. The largest absolute Gasteiger partial charge is 0.489 e. The highest BCUT2D eigenvalue weighted by molar-refractivity contribution is 6.01. The van der Waals surface area contributed by atoms with Gasteiger partial charge in [0.15, 0.2) is 0 Å². The van der Waals surface area contributed by atoms with Crippen molar-refractivity contribution >= 4 is 49.9 Å². The van der Waals surface area contributed by atoms with E-state index in [1.54, 1.807) is 17.2 Å². The predicted octanol–water partition coefficient (Wildman–Crippen LogP) is 13.9. The minimum Gasteiger partial charge on any atom is -0.489 e. The molecular formula is C81H75N9O10. The van der Waals surface area contributed by atoms with Gasteiger partial charge < -0.3 is 68.0 Å². The Morgan fingerprint density at radius 2 is 0.970 bits per heavy atom. The Labute approximate surface area is 578 Å². The van der Waals surface area contributed by atoms with Crippen LogP contribution in [0.15, 0.2) is 181 Å². The second kappa shape index (κ2) is 30.7. The van der Waals surface area contributed by atoms with Gasteiger partial charge in [-0.3, -0.25) is 9.59 Å². The molecule has 19 heteroatoms. The number of hydrogen-bond acceptors (Lipinski definition) is 14. The van der Waals surface area contributed by atoms with Crippen molar-refractivity contribution in [3.05, 3.63) is 209 Å². The van der Waals surface area contributed by atoms with Crippen LogP contribution in [0.2, 0.25) is 0 Å². The first kappa shape index (κ1) is 66.0. The topological polar surface area (TPSA) is 260 Å². The molecule has 9 heterocycles. The van der Waals surface area contributed by atoms with Gasteiger partial charge in [0.25, 0.3) is 0 Å². The van der Waals surface area contributed by atoms with Crippen molar-refractivity contribution in [2.75, 3.05) is 90.5 Å². The van der Waals surface area contributed by atoms with E-state index in [-0.39, 0.29) is 29.8 Å². The van der Waals surface area contributed by atoms with Crippen LogP contribution in [-0.4, -0.2) is 140 Å². The number of pyridine rings is 1. The Morgan fingerprint density at radius 1 is 0.500 bits per heavy atom. The van der Waals surface area contributed by atoms with Gasteiger partial charge in [-0.25, -0.2) is 0 Å². The molecule has 0 bridgehead atoms. The summed E-state index contributed by atoms with van der Waals surface area (Å²) in [5.41, 5.74) is 17.5. The summed E-state index contributed by atoms with van der Waals surface area (Å²) in [5.74, 6) is 1.55. The molecule has 0 radical (unpaired) electrons. The number of fused-ring (bicyclic) bond motifs is 3. The number of aromatic nitrogens is 4. The van der Waals surface area contributed by atoms with Crippen molar-refractivity contribution in [3.63, 3.8) is 0 Å². The van der Waals surface area contributed by atoms with E-state index in [0.717, 1.165) is 178 Å². The molecule has 19 nitrogen and oxygen atoms in total. The number of nitrogens with one attached hydrogen (secondary N) is 4. The molecule has 4 aromatic heterocycles. The van der Waals surface area contributed by atoms with Crippen LogP contribution in [0.25, 0.3) is 94.2 Å². The van der Waals surface area contributed by atoms with Crippen molar-refractivity contribution in [1.29, 1.82) is 15.8 Å². The fraction of sp³-hybridized carbons (Fsp3) is 0.272. The number of ether oxygens (including phenoxy) is 7. The minimum atomic E-state index is -0.479. The maximum absolute atomic E-state index is 11.8. The van der Waals surface area contributed by atoms with Crippen molar-refractivity contribution in [3.8, 4) is 91.4 Å². The van der Waals surface area contributed by atoms with Crippen molar-refractivity contribution < 1.29 is 43.1 Å². The highest BCUT2D eigenvalue weighted by Gasteiger charge is 2.25. The van der Waals surface area contributed by atoms with Gasteiger partial charge in [0.1, 0.15) is 60.4 Å². The van der Waals surface area contributed by atoms with Crippen LogP contribution in [0.4, 0.5) is 5.69 Å². The number of aliphatic hydroxyl groups is 1. The number of H-pyrrole nitrogens is 4. The third-order valence-electron chi connectivity index (χ3n) is 18.9. The van der Waals surface area contributed by atoms with E-state index in [1.807, 2.05) is 109 Å². The normalized spacial score (nSPS) is 17.0. The zero-order valence-corrected chi connectivity index (χ0v) is 55.3. The Kier molecular flexibility index (Phi) is 20.3. The zero-order chi connectivity index (χ0) is 68.3. The first-order chi connectivity index (χ1) is 49.1. The molecule has 5 N–H and O–H groups in total. The smallest absolute Gasteiger partial charge is 0.248 e. The lowest BCUT2D eigenvalue weighted by atomic mass is 9.99. The monoisotopic (exact) mass is 1330 g/mol. The number of hydrogen-bond donors (Lipinski definition) is 5. The molecule has 11 aromatic rings. The second-order valence-electron chi connectivity index (χ2n) is 25.4. The lowest BCUT2D eigenvalue weighted by Crippen LogP contribution is -2.36. The van der Waals surface area contributed by atoms with E-state index >= 15 is 0 Å². The number of carbonyl (C=O) groups is 1. The van der Waals surface area contributed by atoms with Gasteiger partial charge in [-0.05, 0) is 161 Å². The molecule has 4 saturated heterocycles. The molecule has 100 heavy (non-hydrogen) atoms. The molecule has 0 aliphatic carbocycles. The van der Waals surface area contributed by atoms with Crippen LogP contribution in [0.1, 0.15) is 60.9 Å². The van der Waals surface area contributed by atoms with E-state index in [2.05, 4.69) is 97.6 Å². The molecule has 2 unspecified atom stereocenters. The van der Waals surface area contributed by atoms with Crippen LogP contribution in [0.5, 0.6) is 17.2 Å². The highest BCUT2D eigenvalue weighted by Crippen LogP contribution is 2.39. The molecule has 7 aromatic carbocycles. The predicted molar refractivity (Wildman–Crippen MR) is 385 cm³/mol. The summed E-state index contributed by atoms with van der Waals surface area (Å²) in [6.45, 7) is 7.95. The average molecular weight is 1330 g/mol. The number of rotatable bonds is 14. The molecule has 0 saturated carbocycles. The Bertz CT molecular complexity index is 4980. The van der Waals surface area contributed by atoms with Crippen LogP contribution in [0, 0.1) is 34.0 Å². The van der Waals surface area contributed by atoms with E-state index < -0.39 is 6.61 Å². The van der Waals surface area contributed by atoms with Gasteiger partial charge in [0.05, 0.1) is 56.3 Å².